The topological polar surface area (TPSA) is 33.1 Å². The highest BCUT2D eigenvalue weighted by molar-refractivity contribution is 7.11. The number of rotatable bonds is 2. The molecule has 0 aliphatic rings. The lowest BCUT2D eigenvalue weighted by Gasteiger charge is -1.90. The number of thiazole rings is 1. The van der Waals surface area contributed by atoms with Crippen LogP contribution in [0.3, 0.4) is 0 Å². The van der Waals surface area contributed by atoms with Gasteiger partial charge in [0.25, 0.3) is 0 Å². The van der Waals surface area contributed by atoms with E-state index in [1.54, 1.807) is 11.3 Å². The Hall–Kier alpha value is -0.410. The molecule has 0 unspecified atom stereocenters. The summed E-state index contributed by atoms with van der Waals surface area (Å²) in [6.07, 6.45) is 0.974. The molecular formula is C9H17NOS. The van der Waals surface area contributed by atoms with E-state index in [0.29, 0.717) is 0 Å². The summed E-state index contributed by atoms with van der Waals surface area (Å²) in [5.41, 5.74) is 0.852. The van der Waals surface area contributed by atoms with Crippen LogP contribution in [0.2, 0.25) is 0 Å². The normalized spacial score (nSPS) is 9.08. The van der Waals surface area contributed by atoms with Gasteiger partial charge in [0.05, 0.1) is 17.3 Å². The second-order valence-electron chi connectivity index (χ2n) is 2.11. The van der Waals surface area contributed by atoms with Crippen LogP contribution in [0.4, 0.5) is 0 Å². The Labute approximate surface area is 78.3 Å². The van der Waals surface area contributed by atoms with E-state index in [2.05, 4.69) is 11.9 Å². The third-order valence-electron chi connectivity index (χ3n) is 1.36. The van der Waals surface area contributed by atoms with E-state index in [4.69, 9.17) is 5.11 Å². The summed E-state index contributed by atoms with van der Waals surface area (Å²) < 4.78 is 0. The van der Waals surface area contributed by atoms with Crippen molar-refractivity contribution in [2.24, 2.45) is 0 Å². The van der Waals surface area contributed by atoms with Crippen LogP contribution in [0.15, 0.2) is 0 Å². The molecular weight excluding hydrogens is 170 g/mol. The third-order valence-corrected chi connectivity index (χ3v) is 2.51. The van der Waals surface area contributed by atoms with Gasteiger partial charge >= 0.3 is 0 Å². The van der Waals surface area contributed by atoms with Crippen molar-refractivity contribution < 1.29 is 5.11 Å². The molecule has 1 heterocycles. The molecule has 0 spiro atoms. The maximum Gasteiger partial charge on any atom is 0.0901 e. The molecule has 3 heteroatoms. The average molecular weight is 187 g/mol. The van der Waals surface area contributed by atoms with E-state index >= 15 is 0 Å². The van der Waals surface area contributed by atoms with Crippen LogP contribution in [0, 0.1) is 6.92 Å². The molecule has 1 N–H and O–H groups in total. The van der Waals surface area contributed by atoms with Crippen LogP contribution in [0.1, 0.15) is 36.3 Å². The van der Waals surface area contributed by atoms with E-state index in [9.17, 15) is 0 Å². The quantitative estimate of drug-likeness (QED) is 0.771. The number of nitrogens with zero attached hydrogens (tertiary/aromatic N) is 1. The van der Waals surface area contributed by atoms with Gasteiger partial charge in [0.1, 0.15) is 0 Å². The first-order valence-corrected chi connectivity index (χ1v) is 5.15. The summed E-state index contributed by atoms with van der Waals surface area (Å²) in [5.74, 6) is 0. The van der Waals surface area contributed by atoms with Gasteiger partial charge in [0.2, 0.25) is 0 Å². The largest absolute Gasteiger partial charge is 0.390 e. The maximum absolute atomic E-state index is 8.81. The lowest BCUT2D eigenvalue weighted by molar-refractivity contribution is 0.276. The second kappa shape index (κ2) is 6.14. The maximum atomic E-state index is 8.81. The van der Waals surface area contributed by atoms with Crippen LogP contribution in [0.25, 0.3) is 0 Å². The Balaban J connectivity index is 0.000000561. The fourth-order valence-corrected chi connectivity index (χ4v) is 1.80. The molecule has 0 bridgehead atoms. The zero-order valence-electron chi connectivity index (χ0n) is 8.22. The van der Waals surface area contributed by atoms with Gasteiger partial charge in [-0.25, -0.2) is 4.98 Å². The van der Waals surface area contributed by atoms with Crippen molar-refractivity contribution in [1.29, 1.82) is 0 Å². The van der Waals surface area contributed by atoms with Crippen LogP contribution in [0.5, 0.6) is 0 Å². The van der Waals surface area contributed by atoms with Crippen LogP contribution in [-0.4, -0.2) is 10.1 Å². The number of aliphatic hydroxyl groups is 1. The van der Waals surface area contributed by atoms with Crippen LogP contribution in [-0.2, 0) is 13.0 Å². The zero-order chi connectivity index (χ0) is 9.56. The van der Waals surface area contributed by atoms with E-state index in [-0.39, 0.29) is 6.61 Å². The van der Waals surface area contributed by atoms with Crippen molar-refractivity contribution in [2.75, 3.05) is 0 Å². The standard InChI is InChI=1S/C7H11NOS.C2H6/c1-3-7-6(4-9)8-5(2)10-7;1-2/h9H,3-4H2,1-2H3;1-2H3. The predicted octanol–water partition coefficient (Wildman–Crippen LogP) is 2.53. The number of aliphatic hydroxyl groups excluding tert-OH is 1. The van der Waals surface area contributed by atoms with E-state index in [0.717, 1.165) is 17.1 Å². The monoisotopic (exact) mass is 187 g/mol. The summed E-state index contributed by atoms with van der Waals surface area (Å²) >= 11 is 1.67. The number of aromatic nitrogens is 1. The van der Waals surface area contributed by atoms with Crippen LogP contribution >= 0.6 is 11.3 Å². The average Bonchev–Trinajstić information content (AvgIpc) is 2.49. The molecule has 0 saturated carbocycles. The third kappa shape index (κ3) is 2.91. The molecule has 2 nitrogen and oxygen atoms in total. The molecule has 0 atom stereocenters. The summed E-state index contributed by atoms with van der Waals surface area (Å²) in [6.45, 7) is 8.11. The van der Waals surface area contributed by atoms with Crippen molar-refractivity contribution in [3.8, 4) is 0 Å². The Morgan fingerprint density at radius 3 is 2.33 bits per heavy atom. The highest BCUT2D eigenvalue weighted by Crippen LogP contribution is 2.17. The highest BCUT2D eigenvalue weighted by atomic mass is 32.1. The Bertz CT molecular complexity index is 199. The van der Waals surface area contributed by atoms with Crippen LogP contribution < -0.4 is 0 Å². The predicted molar refractivity (Wildman–Crippen MR) is 53.5 cm³/mol. The summed E-state index contributed by atoms with van der Waals surface area (Å²) in [7, 11) is 0. The highest BCUT2D eigenvalue weighted by Gasteiger charge is 2.04. The van der Waals surface area contributed by atoms with E-state index < -0.39 is 0 Å². The van der Waals surface area contributed by atoms with Crippen molar-refractivity contribution in [2.45, 2.75) is 40.7 Å². The lowest BCUT2D eigenvalue weighted by Crippen LogP contribution is -1.87. The fraction of sp³-hybridized carbons (Fsp3) is 0.667. The smallest absolute Gasteiger partial charge is 0.0901 e. The summed E-state index contributed by atoms with van der Waals surface area (Å²) in [5, 5.41) is 9.85. The minimum Gasteiger partial charge on any atom is -0.390 e. The van der Waals surface area contributed by atoms with Crippen molar-refractivity contribution in [3.63, 3.8) is 0 Å². The number of aryl methyl sites for hydroxylation is 2. The molecule has 70 valence electrons. The van der Waals surface area contributed by atoms with Gasteiger partial charge in [-0.3, -0.25) is 0 Å². The second-order valence-corrected chi connectivity index (χ2v) is 3.40. The van der Waals surface area contributed by atoms with E-state index in [1.165, 1.54) is 4.88 Å². The summed E-state index contributed by atoms with van der Waals surface area (Å²) in [6, 6.07) is 0. The molecule has 1 rings (SSSR count). The zero-order valence-corrected chi connectivity index (χ0v) is 9.03. The van der Waals surface area contributed by atoms with Crippen molar-refractivity contribution in [3.05, 3.63) is 15.6 Å². The molecule has 0 aromatic carbocycles. The molecule has 12 heavy (non-hydrogen) atoms. The van der Waals surface area contributed by atoms with Gasteiger partial charge in [-0.15, -0.1) is 11.3 Å². The molecule has 0 amide bonds. The molecule has 1 aromatic rings. The Morgan fingerprint density at radius 1 is 1.42 bits per heavy atom. The van der Waals surface area contributed by atoms with Gasteiger partial charge in [-0.1, -0.05) is 20.8 Å². The lowest BCUT2D eigenvalue weighted by atomic mass is 10.3. The van der Waals surface area contributed by atoms with Gasteiger partial charge in [-0.2, -0.15) is 0 Å². The molecule has 0 aliphatic heterocycles. The van der Waals surface area contributed by atoms with Gasteiger partial charge in [0.15, 0.2) is 0 Å². The van der Waals surface area contributed by atoms with Gasteiger partial charge < -0.3 is 5.11 Å². The minimum atomic E-state index is 0.0769. The summed E-state index contributed by atoms with van der Waals surface area (Å²) in [4.78, 5) is 5.38. The molecule has 0 saturated heterocycles. The molecule has 0 aliphatic carbocycles. The molecule has 0 fully saturated rings. The van der Waals surface area contributed by atoms with Crippen molar-refractivity contribution in [1.82, 2.24) is 4.98 Å². The number of hydrogen-bond donors (Lipinski definition) is 1. The Kier molecular flexibility index (Phi) is 5.93. The fourth-order valence-electron chi connectivity index (χ4n) is 0.912. The first-order chi connectivity index (χ1) is 5.77. The van der Waals surface area contributed by atoms with Crippen molar-refractivity contribution >= 4 is 11.3 Å². The first-order valence-electron chi connectivity index (χ1n) is 4.34. The van der Waals surface area contributed by atoms with Gasteiger partial charge in [0, 0.05) is 4.88 Å². The minimum absolute atomic E-state index is 0.0769. The number of hydrogen-bond acceptors (Lipinski definition) is 3. The first kappa shape index (κ1) is 11.6. The molecule has 1 aromatic heterocycles. The van der Waals surface area contributed by atoms with E-state index in [1.807, 2.05) is 20.8 Å². The molecule has 0 radical (unpaired) electrons. The van der Waals surface area contributed by atoms with Gasteiger partial charge in [-0.05, 0) is 13.3 Å². The SMILES string of the molecule is CC.CCc1sc(C)nc1CO. The Morgan fingerprint density at radius 2 is 2.00 bits per heavy atom.